The van der Waals surface area contributed by atoms with Crippen molar-refractivity contribution in [2.45, 2.75) is 40.0 Å². The van der Waals surface area contributed by atoms with Gasteiger partial charge in [-0.25, -0.2) is 0 Å². The Morgan fingerprint density at radius 2 is 1.62 bits per heavy atom. The third kappa shape index (κ3) is 2.34. The van der Waals surface area contributed by atoms with Gasteiger partial charge in [-0.2, -0.15) is 0 Å². The smallest absolute Gasteiger partial charge is 0.0217 e. The summed E-state index contributed by atoms with van der Waals surface area (Å²) in [5.74, 6) is 0. The van der Waals surface area contributed by atoms with Gasteiger partial charge in [0.25, 0.3) is 0 Å². The minimum absolute atomic E-state index is 0.219. The van der Waals surface area contributed by atoms with Crippen LogP contribution in [0.4, 0.5) is 0 Å². The third-order valence-corrected chi connectivity index (χ3v) is 2.81. The molecular weight excluding hydrogens is 224 g/mol. The molecule has 1 aromatic carbocycles. The zero-order chi connectivity index (χ0) is 10.2. The summed E-state index contributed by atoms with van der Waals surface area (Å²) in [7, 11) is 0. The molecule has 0 N–H and O–H groups in total. The van der Waals surface area contributed by atoms with Crippen molar-refractivity contribution < 1.29 is 0 Å². The molecule has 0 atom stereocenters. The summed E-state index contributed by atoms with van der Waals surface area (Å²) in [5.41, 5.74) is 4.33. The van der Waals surface area contributed by atoms with Crippen LogP contribution < -0.4 is 0 Å². The first kappa shape index (κ1) is 10.8. The highest BCUT2D eigenvalue weighted by molar-refractivity contribution is 9.10. The number of rotatable bonds is 0. The summed E-state index contributed by atoms with van der Waals surface area (Å²) in [4.78, 5) is 0. The lowest BCUT2D eigenvalue weighted by molar-refractivity contribution is 0.583. The Hall–Kier alpha value is -0.300. The van der Waals surface area contributed by atoms with E-state index in [0.29, 0.717) is 0 Å². The highest BCUT2D eigenvalue weighted by Gasteiger charge is 2.19. The topological polar surface area (TPSA) is 0 Å². The molecule has 0 nitrogen and oxygen atoms in total. The van der Waals surface area contributed by atoms with Gasteiger partial charge in [-0.3, -0.25) is 0 Å². The van der Waals surface area contributed by atoms with Crippen LogP contribution in [0.5, 0.6) is 0 Å². The average molecular weight is 241 g/mol. The minimum Gasteiger partial charge on any atom is -0.0560 e. The van der Waals surface area contributed by atoms with E-state index in [0.717, 1.165) is 0 Å². The van der Waals surface area contributed by atoms with E-state index < -0.39 is 0 Å². The Balaban J connectivity index is 3.38. The van der Waals surface area contributed by atoms with E-state index in [-0.39, 0.29) is 5.41 Å². The van der Waals surface area contributed by atoms with Crippen molar-refractivity contribution in [2.24, 2.45) is 0 Å². The fourth-order valence-electron chi connectivity index (χ4n) is 1.87. The monoisotopic (exact) mass is 240 g/mol. The van der Waals surface area contributed by atoms with Crippen molar-refractivity contribution >= 4 is 15.9 Å². The van der Waals surface area contributed by atoms with Gasteiger partial charge in [-0.1, -0.05) is 42.8 Å². The maximum atomic E-state index is 3.63. The molecule has 1 heteroatoms. The zero-order valence-electron chi connectivity index (χ0n) is 9.03. The SMILES string of the molecule is Cc1cc(C)c(C(C)(C)C)c(Br)c1. The highest BCUT2D eigenvalue weighted by Crippen LogP contribution is 2.33. The minimum atomic E-state index is 0.219. The van der Waals surface area contributed by atoms with Crippen molar-refractivity contribution in [3.8, 4) is 0 Å². The summed E-state index contributed by atoms with van der Waals surface area (Å²) < 4.78 is 1.23. The summed E-state index contributed by atoms with van der Waals surface area (Å²) in [5, 5.41) is 0. The van der Waals surface area contributed by atoms with Crippen molar-refractivity contribution in [3.63, 3.8) is 0 Å². The van der Waals surface area contributed by atoms with E-state index in [1.165, 1.54) is 21.2 Å². The van der Waals surface area contributed by atoms with E-state index in [1.807, 2.05) is 0 Å². The Morgan fingerprint density at radius 3 is 2.00 bits per heavy atom. The molecule has 0 bridgehead atoms. The van der Waals surface area contributed by atoms with Crippen molar-refractivity contribution in [3.05, 3.63) is 33.3 Å². The number of aryl methyl sites for hydroxylation is 2. The quantitative estimate of drug-likeness (QED) is 0.632. The first-order valence-corrected chi connectivity index (χ1v) is 5.39. The molecule has 0 spiro atoms. The van der Waals surface area contributed by atoms with E-state index in [9.17, 15) is 0 Å². The van der Waals surface area contributed by atoms with Crippen LogP contribution in [-0.4, -0.2) is 0 Å². The van der Waals surface area contributed by atoms with E-state index >= 15 is 0 Å². The fourth-order valence-corrected chi connectivity index (χ4v) is 3.13. The van der Waals surface area contributed by atoms with Crippen LogP contribution in [-0.2, 0) is 5.41 Å². The number of hydrogen-bond donors (Lipinski definition) is 0. The maximum absolute atomic E-state index is 3.63. The number of hydrogen-bond acceptors (Lipinski definition) is 0. The Kier molecular flexibility index (Phi) is 2.86. The van der Waals surface area contributed by atoms with Gasteiger partial charge in [0.15, 0.2) is 0 Å². The fraction of sp³-hybridized carbons (Fsp3) is 0.500. The normalized spacial score (nSPS) is 11.8. The molecule has 0 aliphatic rings. The van der Waals surface area contributed by atoms with Crippen molar-refractivity contribution in [1.82, 2.24) is 0 Å². The molecule has 72 valence electrons. The lowest BCUT2D eigenvalue weighted by Crippen LogP contribution is -2.14. The Morgan fingerprint density at radius 1 is 1.08 bits per heavy atom. The molecule has 0 aliphatic carbocycles. The average Bonchev–Trinajstić information content (AvgIpc) is 1.78. The van der Waals surface area contributed by atoms with E-state index in [2.05, 4.69) is 62.7 Å². The molecule has 0 radical (unpaired) electrons. The molecular formula is C12H17Br. The molecule has 0 heterocycles. The largest absolute Gasteiger partial charge is 0.0560 e. The van der Waals surface area contributed by atoms with E-state index in [1.54, 1.807) is 0 Å². The summed E-state index contributed by atoms with van der Waals surface area (Å²) >= 11 is 3.63. The van der Waals surface area contributed by atoms with Crippen molar-refractivity contribution in [2.75, 3.05) is 0 Å². The second kappa shape index (κ2) is 3.45. The highest BCUT2D eigenvalue weighted by atomic mass is 79.9. The van der Waals surface area contributed by atoms with E-state index in [4.69, 9.17) is 0 Å². The molecule has 0 saturated heterocycles. The maximum Gasteiger partial charge on any atom is 0.0217 e. The standard InChI is InChI=1S/C12H17Br/c1-8-6-9(2)11(10(13)7-8)12(3,4)5/h6-7H,1-5H3. The van der Waals surface area contributed by atoms with Gasteiger partial charge in [0.05, 0.1) is 0 Å². The van der Waals surface area contributed by atoms with Crippen LogP contribution in [0.3, 0.4) is 0 Å². The molecule has 0 aliphatic heterocycles. The first-order valence-electron chi connectivity index (χ1n) is 4.59. The van der Waals surface area contributed by atoms with Gasteiger partial charge < -0.3 is 0 Å². The van der Waals surface area contributed by atoms with Gasteiger partial charge in [-0.15, -0.1) is 0 Å². The first-order chi connectivity index (χ1) is 5.82. The van der Waals surface area contributed by atoms with Crippen LogP contribution >= 0.6 is 15.9 Å². The molecule has 1 rings (SSSR count). The van der Waals surface area contributed by atoms with Crippen LogP contribution in [0.15, 0.2) is 16.6 Å². The molecule has 0 saturated carbocycles. The summed E-state index contributed by atoms with van der Waals surface area (Å²) in [6.07, 6.45) is 0. The number of halogens is 1. The van der Waals surface area contributed by atoms with Gasteiger partial charge in [-0.05, 0) is 42.0 Å². The summed E-state index contributed by atoms with van der Waals surface area (Å²) in [6, 6.07) is 4.43. The van der Waals surface area contributed by atoms with Gasteiger partial charge in [0.2, 0.25) is 0 Å². The Labute approximate surface area is 89.5 Å². The molecule has 0 amide bonds. The van der Waals surface area contributed by atoms with Crippen LogP contribution in [0.1, 0.15) is 37.5 Å². The lowest BCUT2D eigenvalue weighted by atomic mass is 9.83. The van der Waals surface area contributed by atoms with Crippen molar-refractivity contribution in [1.29, 1.82) is 0 Å². The Bertz CT molecular complexity index is 295. The molecule has 0 aromatic heterocycles. The van der Waals surface area contributed by atoms with Gasteiger partial charge in [0, 0.05) is 4.47 Å². The zero-order valence-corrected chi connectivity index (χ0v) is 10.6. The molecule has 0 unspecified atom stereocenters. The number of benzene rings is 1. The third-order valence-electron chi connectivity index (χ3n) is 2.18. The predicted molar refractivity (Wildman–Crippen MR) is 62.3 cm³/mol. The van der Waals surface area contributed by atoms with Gasteiger partial charge in [0.1, 0.15) is 0 Å². The lowest BCUT2D eigenvalue weighted by Gasteiger charge is -2.23. The molecule has 13 heavy (non-hydrogen) atoms. The molecule has 0 fully saturated rings. The predicted octanol–water partition coefficient (Wildman–Crippen LogP) is 4.36. The van der Waals surface area contributed by atoms with Gasteiger partial charge >= 0.3 is 0 Å². The molecule has 1 aromatic rings. The van der Waals surface area contributed by atoms with Crippen LogP contribution in [0, 0.1) is 13.8 Å². The second-order valence-corrected chi connectivity index (χ2v) is 5.54. The summed E-state index contributed by atoms with van der Waals surface area (Å²) in [6.45, 7) is 11.0. The van der Waals surface area contributed by atoms with Crippen LogP contribution in [0.2, 0.25) is 0 Å². The van der Waals surface area contributed by atoms with Crippen LogP contribution in [0.25, 0.3) is 0 Å². The second-order valence-electron chi connectivity index (χ2n) is 4.69.